The lowest BCUT2D eigenvalue weighted by Crippen LogP contribution is -2.10. The summed E-state index contributed by atoms with van der Waals surface area (Å²) in [4.78, 5) is 0. The number of benzene rings is 14. The van der Waals surface area contributed by atoms with Gasteiger partial charge in [0.15, 0.2) is 0 Å². The Balaban J connectivity index is 1.07. The van der Waals surface area contributed by atoms with Crippen molar-refractivity contribution in [1.29, 1.82) is 5.26 Å². The molecule has 414 valence electrons. The van der Waals surface area contributed by atoms with E-state index in [-0.39, 0.29) is 0 Å². The second-order valence-corrected chi connectivity index (χ2v) is 23.1. The van der Waals surface area contributed by atoms with Crippen LogP contribution in [0.2, 0.25) is 0 Å². The van der Waals surface area contributed by atoms with E-state index < -0.39 is 0 Å². The van der Waals surface area contributed by atoms with Crippen LogP contribution in [0.1, 0.15) is 5.56 Å². The van der Waals surface area contributed by atoms with Gasteiger partial charge in [0, 0.05) is 32.3 Å². The number of aromatic nitrogens is 3. The molecule has 0 unspecified atom stereocenters. The van der Waals surface area contributed by atoms with Crippen LogP contribution in [0.5, 0.6) is 0 Å². The van der Waals surface area contributed by atoms with E-state index in [1.54, 1.807) is 0 Å². The number of fused-ring (bicyclic) bond motifs is 9. The third kappa shape index (κ3) is 8.75. The summed E-state index contributed by atoms with van der Waals surface area (Å²) in [5, 5.41) is 17.1. The predicted octanol–water partition coefficient (Wildman–Crippen LogP) is 22.5. The van der Waals surface area contributed by atoms with Crippen molar-refractivity contribution in [2.24, 2.45) is 0 Å². The van der Waals surface area contributed by atoms with Gasteiger partial charge in [0.2, 0.25) is 0 Å². The zero-order valence-electron chi connectivity index (χ0n) is 48.5. The molecule has 4 heteroatoms. The zero-order valence-corrected chi connectivity index (χ0v) is 48.5. The second-order valence-electron chi connectivity index (χ2n) is 23.1. The Kier molecular flexibility index (Phi) is 12.2. The molecule has 0 N–H and O–H groups in total. The fourth-order valence-corrected chi connectivity index (χ4v) is 13.8. The van der Waals surface area contributed by atoms with Gasteiger partial charge < -0.3 is 13.7 Å². The molecule has 0 fully saturated rings. The Morgan fingerprint density at radius 1 is 0.191 bits per heavy atom. The minimum Gasteiger partial charge on any atom is -0.307 e. The standard InChI is InChI=1S/C85H54N4/c86-55-56-31-33-63(34-32-56)70-53-83(87-77-41-35-64(57-19-7-1-8-20-57)47-71(77)72-48-65(36-42-78(72)87)58-21-9-2-10-22-58)85(89-81-45-39-68(61-27-15-5-16-28-61)51-75(81)76-52-69(40-46-82(76)89)62-29-17-6-18-30-62)84(54-70)88-79-43-37-66(59-23-11-3-12-24-59)49-73(79)74-50-67(38-44-80(74)88)60-25-13-4-14-26-60/h1-54H. The van der Waals surface area contributed by atoms with Gasteiger partial charge in [-0.2, -0.15) is 5.26 Å². The third-order valence-electron chi connectivity index (χ3n) is 18.1. The van der Waals surface area contributed by atoms with Crippen molar-refractivity contribution in [3.8, 4) is 101 Å². The average molecular weight is 1130 g/mol. The molecule has 0 aliphatic rings. The lowest BCUT2D eigenvalue weighted by atomic mass is 10.0. The summed E-state index contributed by atoms with van der Waals surface area (Å²) < 4.78 is 7.62. The summed E-state index contributed by atoms with van der Waals surface area (Å²) in [6.45, 7) is 0. The van der Waals surface area contributed by atoms with Crippen LogP contribution in [0.15, 0.2) is 328 Å². The molecule has 3 aromatic heterocycles. The van der Waals surface area contributed by atoms with E-state index in [9.17, 15) is 5.26 Å². The summed E-state index contributed by atoms with van der Waals surface area (Å²) in [6.07, 6.45) is 0. The second kappa shape index (κ2) is 21.2. The van der Waals surface area contributed by atoms with E-state index in [1.165, 1.54) is 0 Å². The van der Waals surface area contributed by atoms with Crippen molar-refractivity contribution in [1.82, 2.24) is 13.7 Å². The van der Waals surface area contributed by atoms with Gasteiger partial charge in [-0.3, -0.25) is 0 Å². The summed E-state index contributed by atoms with van der Waals surface area (Å²) in [6, 6.07) is 122. The van der Waals surface area contributed by atoms with Crippen LogP contribution in [0, 0.1) is 11.3 Å². The molecule has 0 radical (unpaired) electrons. The van der Waals surface area contributed by atoms with E-state index in [0.29, 0.717) is 5.56 Å². The molecule has 14 aromatic carbocycles. The van der Waals surface area contributed by atoms with Crippen molar-refractivity contribution in [3.05, 3.63) is 333 Å². The van der Waals surface area contributed by atoms with Crippen LogP contribution in [0.4, 0.5) is 0 Å². The summed E-state index contributed by atoms with van der Waals surface area (Å²) in [5.74, 6) is 0. The molecule has 17 rings (SSSR count). The lowest BCUT2D eigenvalue weighted by Gasteiger charge is -2.24. The number of rotatable bonds is 10. The summed E-state index contributed by atoms with van der Waals surface area (Å²) in [5.41, 5.74) is 25.9. The first-order valence-electron chi connectivity index (χ1n) is 30.4. The van der Waals surface area contributed by atoms with E-state index in [0.717, 1.165) is 160 Å². The molecule has 0 amide bonds. The van der Waals surface area contributed by atoms with Gasteiger partial charge in [-0.05, 0) is 175 Å². The van der Waals surface area contributed by atoms with Gasteiger partial charge in [0.05, 0.1) is 61.8 Å². The van der Waals surface area contributed by atoms with Crippen LogP contribution in [0.25, 0.3) is 160 Å². The van der Waals surface area contributed by atoms with Gasteiger partial charge >= 0.3 is 0 Å². The van der Waals surface area contributed by atoms with Crippen molar-refractivity contribution in [2.75, 3.05) is 0 Å². The van der Waals surface area contributed by atoms with Crippen molar-refractivity contribution < 1.29 is 0 Å². The molecule has 0 aliphatic carbocycles. The monoisotopic (exact) mass is 1130 g/mol. The van der Waals surface area contributed by atoms with E-state index in [2.05, 4.69) is 335 Å². The SMILES string of the molecule is N#Cc1ccc(-c2cc(-n3c4ccc(-c5ccccc5)cc4c4cc(-c5ccccc5)ccc43)c(-n3c4ccc(-c5ccccc5)cc4c4cc(-c5ccccc5)ccc43)c(-n3c4ccc(-c5ccccc5)cc4c4cc(-c5ccccc5)ccc43)c2)cc1. The van der Waals surface area contributed by atoms with Gasteiger partial charge in [-0.25, -0.2) is 0 Å². The van der Waals surface area contributed by atoms with Crippen molar-refractivity contribution in [3.63, 3.8) is 0 Å². The molecule has 17 aromatic rings. The quantitative estimate of drug-likeness (QED) is 0.134. The van der Waals surface area contributed by atoms with Gasteiger partial charge in [-0.1, -0.05) is 231 Å². The summed E-state index contributed by atoms with van der Waals surface area (Å²) in [7, 11) is 0. The topological polar surface area (TPSA) is 38.6 Å². The van der Waals surface area contributed by atoms with Crippen molar-refractivity contribution in [2.45, 2.75) is 0 Å². The fraction of sp³-hybridized carbons (Fsp3) is 0. The lowest BCUT2D eigenvalue weighted by molar-refractivity contribution is 1.05. The van der Waals surface area contributed by atoms with Crippen LogP contribution >= 0.6 is 0 Å². The Labute approximate surface area is 515 Å². The van der Waals surface area contributed by atoms with E-state index in [1.807, 2.05) is 12.1 Å². The van der Waals surface area contributed by atoms with Gasteiger partial charge in [0.25, 0.3) is 0 Å². The number of hydrogen-bond donors (Lipinski definition) is 0. The number of nitriles is 1. The molecule has 3 heterocycles. The maximum atomic E-state index is 10.2. The predicted molar refractivity (Wildman–Crippen MR) is 372 cm³/mol. The smallest absolute Gasteiger partial charge is 0.0991 e. The highest BCUT2D eigenvalue weighted by Crippen LogP contribution is 2.48. The molecule has 0 saturated heterocycles. The highest BCUT2D eigenvalue weighted by Gasteiger charge is 2.28. The normalized spacial score (nSPS) is 11.6. The Morgan fingerprint density at radius 2 is 0.404 bits per heavy atom. The highest BCUT2D eigenvalue weighted by atomic mass is 15.1. The summed E-state index contributed by atoms with van der Waals surface area (Å²) >= 11 is 0. The third-order valence-corrected chi connectivity index (χ3v) is 18.1. The Bertz CT molecular complexity index is 5110. The zero-order chi connectivity index (χ0) is 58.9. The molecule has 0 aliphatic heterocycles. The molecule has 4 nitrogen and oxygen atoms in total. The Morgan fingerprint density at radius 3 is 0.640 bits per heavy atom. The molecule has 89 heavy (non-hydrogen) atoms. The fourth-order valence-electron chi connectivity index (χ4n) is 13.8. The van der Waals surface area contributed by atoms with Crippen LogP contribution < -0.4 is 0 Å². The average Bonchev–Trinajstić information content (AvgIpc) is 1.64. The van der Waals surface area contributed by atoms with Crippen molar-refractivity contribution >= 4 is 65.4 Å². The number of nitrogens with zero attached hydrogens (tertiary/aromatic N) is 4. The minimum absolute atomic E-state index is 0.609. The van der Waals surface area contributed by atoms with Crippen LogP contribution in [0.3, 0.4) is 0 Å². The molecular formula is C85H54N4. The largest absolute Gasteiger partial charge is 0.307 e. The van der Waals surface area contributed by atoms with Crippen LogP contribution in [-0.4, -0.2) is 13.7 Å². The molecule has 0 bridgehead atoms. The van der Waals surface area contributed by atoms with Gasteiger partial charge in [-0.15, -0.1) is 0 Å². The number of hydrogen-bond acceptors (Lipinski definition) is 1. The first kappa shape index (κ1) is 51.4. The maximum absolute atomic E-state index is 10.2. The van der Waals surface area contributed by atoms with Crippen LogP contribution in [-0.2, 0) is 0 Å². The highest BCUT2D eigenvalue weighted by molar-refractivity contribution is 6.16. The molecule has 0 spiro atoms. The molecule has 0 saturated carbocycles. The molecular weight excluding hydrogens is 1080 g/mol. The Hall–Kier alpha value is -12.0. The molecule has 0 atom stereocenters. The first-order chi connectivity index (χ1) is 44.1. The van der Waals surface area contributed by atoms with E-state index >= 15 is 0 Å². The first-order valence-corrected chi connectivity index (χ1v) is 30.4. The van der Waals surface area contributed by atoms with E-state index in [4.69, 9.17) is 0 Å². The maximum Gasteiger partial charge on any atom is 0.0991 e. The minimum atomic E-state index is 0.609. The van der Waals surface area contributed by atoms with Gasteiger partial charge in [0.1, 0.15) is 0 Å².